The molecule has 1 aromatic carbocycles. The molecule has 0 amide bonds. The molecule has 0 spiro atoms. The van der Waals surface area contributed by atoms with Gasteiger partial charge >= 0.3 is 0 Å². The van der Waals surface area contributed by atoms with Gasteiger partial charge in [0, 0.05) is 42.8 Å². The van der Waals surface area contributed by atoms with Crippen molar-refractivity contribution < 1.29 is 9.66 Å². The molecule has 1 unspecified atom stereocenters. The number of nitrogens with one attached hydrogen (secondary N) is 1. The van der Waals surface area contributed by atoms with Crippen LogP contribution in [0.15, 0.2) is 22.7 Å². The van der Waals surface area contributed by atoms with E-state index < -0.39 is 0 Å². The first-order valence-electron chi connectivity index (χ1n) is 6.51. The number of nitro benzene ring substituents is 1. The zero-order valence-corrected chi connectivity index (χ0v) is 12.9. The summed E-state index contributed by atoms with van der Waals surface area (Å²) < 4.78 is 6.39. The van der Waals surface area contributed by atoms with Crippen molar-refractivity contribution in [1.29, 1.82) is 0 Å². The molecule has 0 aromatic heterocycles. The molecule has 0 radical (unpaired) electrons. The Bertz CT molecular complexity index is 482. The topological polar surface area (TPSA) is 67.6 Å². The molecule has 1 aliphatic rings. The highest BCUT2D eigenvalue weighted by Gasteiger charge is 2.20. The van der Waals surface area contributed by atoms with Crippen molar-refractivity contribution in [2.24, 2.45) is 0 Å². The van der Waals surface area contributed by atoms with E-state index in [1.165, 1.54) is 6.07 Å². The van der Waals surface area contributed by atoms with Gasteiger partial charge in [0.25, 0.3) is 5.69 Å². The van der Waals surface area contributed by atoms with Crippen LogP contribution in [0.2, 0.25) is 0 Å². The summed E-state index contributed by atoms with van der Waals surface area (Å²) in [4.78, 5) is 12.8. The van der Waals surface area contributed by atoms with Crippen LogP contribution in [-0.2, 0) is 11.3 Å². The molecule has 20 heavy (non-hydrogen) atoms. The van der Waals surface area contributed by atoms with E-state index in [1.54, 1.807) is 6.07 Å². The van der Waals surface area contributed by atoms with Gasteiger partial charge in [-0.25, -0.2) is 0 Å². The van der Waals surface area contributed by atoms with Gasteiger partial charge in [0.05, 0.1) is 17.6 Å². The Hall–Kier alpha value is -1.02. The van der Waals surface area contributed by atoms with E-state index in [0.29, 0.717) is 13.2 Å². The quantitative estimate of drug-likeness (QED) is 0.651. The van der Waals surface area contributed by atoms with Crippen molar-refractivity contribution in [2.75, 3.05) is 33.3 Å². The van der Waals surface area contributed by atoms with Gasteiger partial charge in [0.1, 0.15) is 0 Å². The lowest BCUT2D eigenvalue weighted by Crippen LogP contribution is -2.45. The lowest BCUT2D eigenvalue weighted by Gasteiger charge is -2.32. The summed E-state index contributed by atoms with van der Waals surface area (Å²) in [6.07, 6.45) is 0.177. The fraction of sp³-hybridized carbons (Fsp3) is 0.538. The molecule has 1 N–H and O–H groups in total. The Balaban J connectivity index is 2.03. The Morgan fingerprint density at radius 2 is 2.35 bits per heavy atom. The van der Waals surface area contributed by atoms with Crippen molar-refractivity contribution in [1.82, 2.24) is 10.2 Å². The molecule has 7 heteroatoms. The molecule has 6 nitrogen and oxygen atoms in total. The van der Waals surface area contributed by atoms with Gasteiger partial charge in [0.15, 0.2) is 0 Å². The molecule has 2 rings (SSSR count). The van der Waals surface area contributed by atoms with Gasteiger partial charge in [-0.1, -0.05) is 15.9 Å². The van der Waals surface area contributed by atoms with Crippen LogP contribution in [0, 0.1) is 10.1 Å². The Kier molecular flexibility index (Phi) is 5.47. The van der Waals surface area contributed by atoms with Gasteiger partial charge in [-0.05, 0) is 18.7 Å². The van der Waals surface area contributed by atoms with Gasteiger partial charge in [-0.2, -0.15) is 0 Å². The molecule has 1 saturated heterocycles. The van der Waals surface area contributed by atoms with Crippen molar-refractivity contribution >= 4 is 21.6 Å². The smallest absolute Gasteiger partial charge is 0.270 e. The lowest BCUT2D eigenvalue weighted by atomic mass is 10.1. The maximum absolute atomic E-state index is 10.9. The number of ether oxygens (including phenoxy) is 1. The fourth-order valence-electron chi connectivity index (χ4n) is 2.36. The second-order valence-electron chi connectivity index (χ2n) is 4.86. The van der Waals surface area contributed by atoms with Gasteiger partial charge in [-0.3, -0.25) is 15.0 Å². The summed E-state index contributed by atoms with van der Waals surface area (Å²) in [5, 5.41) is 14.0. The normalized spacial score (nSPS) is 20.0. The number of morpholine rings is 1. The highest BCUT2D eigenvalue weighted by Crippen LogP contribution is 2.22. The van der Waals surface area contributed by atoms with Crippen LogP contribution in [0.25, 0.3) is 0 Å². The third-order valence-electron chi connectivity index (χ3n) is 3.21. The van der Waals surface area contributed by atoms with Crippen LogP contribution in [0.3, 0.4) is 0 Å². The summed E-state index contributed by atoms with van der Waals surface area (Å²) in [7, 11) is 1.90. The summed E-state index contributed by atoms with van der Waals surface area (Å²) >= 11 is 3.33. The monoisotopic (exact) mass is 343 g/mol. The van der Waals surface area contributed by atoms with Crippen LogP contribution >= 0.6 is 15.9 Å². The number of benzene rings is 1. The first kappa shape index (κ1) is 15.4. The maximum Gasteiger partial charge on any atom is 0.270 e. The number of hydrogen-bond donors (Lipinski definition) is 1. The van der Waals surface area contributed by atoms with E-state index >= 15 is 0 Å². The molecule has 1 heterocycles. The summed E-state index contributed by atoms with van der Waals surface area (Å²) in [6.45, 7) is 3.89. The predicted molar refractivity (Wildman–Crippen MR) is 79.7 cm³/mol. The number of likely N-dealkylation sites (N-methyl/N-ethyl adjacent to an activating group) is 1. The second-order valence-corrected chi connectivity index (χ2v) is 5.78. The third kappa shape index (κ3) is 4.24. The molecule has 110 valence electrons. The van der Waals surface area contributed by atoms with E-state index in [2.05, 4.69) is 26.1 Å². The largest absolute Gasteiger partial charge is 0.374 e. The van der Waals surface area contributed by atoms with Crippen LogP contribution in [-0.4, -0.2) is 49.2 Å². The zero-order valence-electron chi connectivity index (χ0n) is 11.3. The Morgan fingerprint density at radius 1 is 1.55 bits per heavy atom. The average molecular weight is 344 g/mol. The molecular formula is C13H18BrN3O3. The van der Waals surface area contributed by atoms with Gasteiger partial charge < -0.3 is 10.1 Å². The van der Waals surface area contributed by atoms with Crippen molar-refractivity contribution in [3.8, 4) is 0 Å². The number of halogens is 1. The standard InChI is InChI=1S/C13H18BrN3O3/c1-15-7-13-9-16(2-3-20-13)8-10-4-11(14)6-12(5-10)17(18)19/h4-6,13,15H,2-3,7-9H2,1H3. The third-order valence-corrected chi connectivity index (χ3v) is 3.67. The molecule has 1 aliphatic heterocycles. The second kappa shape index (κ2) is 7.12. The van der Waals surface area contributed by atoms with E-state index in [0.717, 1.165) is 29.7 Å². The number of nitro groups is 1. The molecule has 1 atom stereocenters. The number of hydrogen-bond acceptors (Lipinski definition) is 5. The highest BCUT2D eigenvalue weighted by atomic mass is 79.9. The van der Waals surface area contributed by atoms with E-state index in [-0.39, 0.29) is 16.7 Å². The average Bonchev–Trinajstić information content (AvgIpc) is 2.38. The molecule has 1 fully saturated rings. The fourth-order valence-corrected chi connectivity index (χ4v) is 2.89. The predicted octanol–water partition coefficient (Wildman–Crippen LogP) is 1.78. The molecule has 0 bridgehead atoms. The zero-order chi connectivity index (χ0) is 14.5. The Morgan fingerprint density at radius 3 is 3.05 bits per heavy atom. The molecule has 1 aromatic rings. The molecular weight excluding hydrogens is 326 g/mol. The Labute approximate surface area is 126 Å². The number of rotatable bonds is 5. The van der Waals surface area contributed by atoms with Crippen molar-refractivity contribution in [2.45, 2.75) is 12.6 Å². The van der Waals surface area contributed by atoms with Crippen LogP contribution in [0.4, 0.5) is 5.69 Å². The van der Waals surface area contributed by atoms with Crippen LogP contribution in [0.5, 0.6) is 0 Å². The van der Waals surface area contributed by atoms with Crippen molar-refractivity contribution in [3.63, 3.8) is 0 Å². The summed E-state index contributed by atoms with van der Waals surface area (Å²) in [6, 6.07) is 5.08. The van der Waals surface area contributed by atoms with Gasteiger partial charge in [0.2, 0.25) is 0 Å². The SMILES string of the molecule is CNCC1CN(Cc2cc(Br)cc([N+](=O)[O-])c2)CCO1. The maximum atomic E-state index is 10.9. The first-order valence-corrected chi connectivity index (χ1v) is 7.30. The number of nitrogens with zero attached hydrogens (tertiary/aromatic N) is 2. The lowest BCUT2D eigenvalue weighted by molar-refractivity contribution is -0.385. The summed E-state index contributed by atoms with van der Waals surface area (Å²) in [5.74, 6) is 0. The minimum atomic E-state index is -0.364. The van der Waals surface area contributed by atoms with Crippen LogP contribution in [0.1, 0.15) is 5.56 Å². The van der Waals surface area contributed by atoms with E-state index in [9.17, 15) is 10.1 Å². The van der Waals surface area contributed by atoms with Crippen molar-refractivity contribution in [3.05, 3.63) is 38.3 Å². The van der Waals surface area contributed by atoms with E-state index in [1.807, 2.05) is 13.1 Å². The number of non-ortho nitro benzene ring substituents is 1. The molecule has 0 saturated carbocycles. The first-order chi connectivity index (χ1) is 9.58. The van der Waals surface area contributed by atoms with Crippen LogP contribution < -0.4 is 5.32 Å². The van der Waals surface area contributed by atoms with E-state index in [4.69, 9.17) is 4.74 Å². The molecule has 0 aliphatic carbocycles. The summed E-state index contributed by atoms with van der Waals surface area (Å²) in [5.41, 5.74) is 1.06. The van der Waals surface area contributed by atoms with Gasteiger partial charge in [-0.15, -0.1) is 0 Å². The minimum absolute atomic E-state index is 0.120. The minimum Gasteiger partial charge on any atom is -0.374 e. The highest BCUT2D eigenvalue weighted by molar-refractivity contribution is 9.10.